The molecule has 0 atom stereocenters. The first-order valence-electron chi connectivity index (χ1n) is 5.89. The Morgan fingerprint density at radius 3 is 2.12 bits per heavy atom. The normalized spacial score (nSPS) is 12.6. The first-order valence-corrected chi connectivity index (χ1v) is 7.12. The fraction of sp³-hybridized carbons (Fsp3) is 0.917. The van der Waals surface area contributed by atoms with Crippen LogP contribution in [0.3, 0.4) is 0 Å². The predicted octanol–water partition coefficient (Wildman–Crippen LogP) is 2.15. The Morgan fingerprint density at radius 1 is 1.31 bits per heavy atom. The van der Waals surface area contributed by atoms with Crippen LogP contribution in [0.1, 0.15) is 47.0 Å². The molecule has 0 heterocycles. The molecule has 0 aromatic carbocycles. The Bertz CT molecular complexity index is 211. The van der Waals surface area contributed by atoms with Gasteiger partial charge in [0.15, 0.2) is 0 Å². The molecule has 0 bridgehead atoms. The third kappa shape index (κ3) is 5.75. The van der Waals surface area contributed by atoms with Crippen LogP contribution in [0.4, 0.5) is 0 Å². The summed E-state index contributed by atoms with van der Waals surface area (Å²) < 4.78 is 0.175. The smallest absolute Gasteiger partial charge is 0.221 e. The maximum atomic E-state index is 11.7. The van der Waals surface area contributed by atoms with E-state index >= 15 is 0 Å². The van der Waals surface area contributed by atoms with Gasteiger partial charge in [-0.15, -0.1) is 0 Å². The van der Waals surface area contributed by atoms with Crippen molar-refractivity contribution in [3.63, 3.8) is 0 Å². The van der Waals surface area contributed by atoms with E-state index in [-0.39, 0.29) is 10.7 Å². The Kier molecular flexibility index (Phi) is 6.41. The van der Waals surface area contributed by atoms with E-state index in [1.54, 1.807) is 0 Å². The molecule has 0 spiro atoms. The summed E-state index contributed by atoms with van der Waals surface area (Å²) in [4.78, 5) is 11.7. The van der Waals surface area contributed by atoms with Gasteiger partial charge in [-0.05, 0) is 32.9 Å². The first-order chi connectivity index (χ1) is 7.28. The van der Waals surface area contributed by atoms with Crippen LogP contribution in [0.5, 0.6) is 0 Å². The van der Waals surface area contributed by atoms with Crippen LogP contribution in [-0.2, 0) is 4.79 Å². The molecule has 0 aromatic heterocycles. The third-order valence-electron chi connectivity index (χ3n) is 2.95. The first kappa shape index (κ1) is 15.8. The fourth-order valence-corrected chi connectivity index (χ4v) is 2.39. The molecular formula is C12H26N2OS. The molecule has 16 heavy (non-hydrogen) atoms. The highest BCUT2D eigenvalue weighted by Gasteiger charge is 2.26. The lowest BCUT2D eigenvalue weighted by Crippen LogP contribution is -2.44. The number of nitrogens with two attached hydrogens (primary N) is 1. The van der Waals surface area contributed by atoms with Crippen LogP contribution in [0.2, 0.25) is 0 Å². The van der Waals surface area contributed by atoms with Crippen molar-refractivity contribution >= 4 is 17.7 Å². The van der Waals surface area contributed by atoms with Crippen molar-refractivity contribution < 1.29 is 4.79 Å². The minimum absolute atomic E-state index is 0.0489. The van der Waals surface area contributed by atoms with Crippen molar-refractivity contribution in [1.82, 2.24) is 5.32 Å². The minimum atomic E-state index is -0.426. The van der Waals surface area contributed by atoms with Crippen LogP contribution in [0.15, 0.2) is 0 Å². The molecule has 3 nitrogen and oxygen atoms in total. The second kappa shape index (κ2) is 6.50. The second-order valence-electron chi connectivity index (χ2n) is 5.04. The molecule has 0 aliphatic rings. The van der Waals surface area contributed by atoms with Crippen molar-refractivity contribution in [3.05, 3.63) is 0 Å². The number of nitrogens with one attached hydrogen (secondary N) is 1. The summed E-state index contributed by atoms with van der Waals surface area (Å²) in [6.45, 7) is 8.80. The van der Waals surface area contributed by atoms with E-state index in [4.69, 9.17) is 5.73 Å². The van der Waals surface area contributed by atoms with Gasteiger partial charge in [0.05, 0.1) is 0 Å². The number of carbonyl (C=O) groups excluding carboxylic acids is 1. The maximum absolute atomic E-state index is 11.7. The molecule has 0 aromatic rings. The van der Waals surface area contributed by atoms with E-state index in [1.165, 1.54) is 0 Å². The van der Waals surface area contributed by atoms with Crippen molar-refractivity contribution in [3.8, 4) is 0 Å². The predicted molar refractivity (Wildman–Crippen MR) is 72.7 cm³/mol. The molecule has 0 aliphatic carbocycles. The average Bonchev–Trinajstić information content (AvgIpc) is 2.18. The number of hydrogen-bond donors (Lipinski definition) is 2. The van der Waals surface area contributed by atoms with Crippen molar-refractivity contribution in [1.29, 1.82) is 0 Å². The summed E-state index contributed by atoms with van der Waals surface area (Å²) in [6, 6.07) is 0. The molecular weight excluding hydrogens is 220 g/mol. The highest BCUT2D eigenvalue weighted by Crippen LogP contribution is 2.29. The summed E-state index contributed by atoms with van der Waals surface area (Å²) >= 11 is 1.83. The SMILES string of the molecule is CCC(CC)(CNC(=O)CC(C)(C)N)SC. The Hall–Kier alpha value is -0.220. The lowest BCUT2D eigenvalue weighted by Gasteiger charge is -2.30. The van der Waals surface area contributed by atoms with Crippen molar-refractivity contribution in [2.24, 2.45) is 5.73 Å². The average molecular weight is 246 g/mol. The molecule has 0 saturated heterocycles. The van der Waals surface area contributed by atoms with Crippen molar-refractivity contribution in [2.45, 2.75) is 57.2 Å². The summed E-state index contributed by atoms with van der Waals surface area (Å²) in [5.41, 5.74) is 5.38. The number of hydrogen-bond acceptors (Lipinski definition) is 3. The van der Waals surface area contributed by atoms with Gasteiger partial charge >= 0.3 is 0 Å². The van der Waals surface area contributed by atoms with E-state index in [2.05, 4.69) is 25.4 Å². The Labute approximate surface area is 104 Å². The molecule has 0 aliphatic heterocycles. The zero-order valence-corrected chi connectivity index (χ0v) is 12.0. The summed E-state index contributed by atoms with van der Waals surface area (Å²) in [6.07, 6.45) is 4.62. The molecule has 0 rings (SSSR count). The molecule has 0 radical (unpaired) electrons. The largest absolute Gasteiger partial charge is 0.355 e. The van der Waals surface area contributed by atoms with Crippen LogP contribution in [-0.4, -0.2) is 29.0 Å². The van der Waals surface area contributed by atoms with E-state index in [0.29, 0.717) is 6.42 Å². The molecule has 1 amide bonds. The van der Waals surface area contributed by atoms with Gasteiger partial charge in [0.1, 0.15) is 0 Å². The van der Waals surface area contributed by atoms with Gasteiger partial charge in [0.2, 0.25) is 5.91 Å². The summed E-state index contributed by atoms with van der Waals surface area (Å²) in [5, 5.41) is 2.99. The lowest BCUT2D eigenvalue weighted by molar-refractivity contribution is -0.122. The van der Waals surface area contributed by atoms with Gasteiger partial charge in [-0.2, -0.15) is 11.8 Å². The molecule has 0 fully saturated rings. The quantitative estimate of drug-likeness (QED) is 0.724. The van der Waals surface area contributed by atoms with E-state index in [1.807, 2.05) is 25.6 Å². The topological polar surface area (TPSA) is 55.1 Å². The van der Waals surface area contributed by atoms with Gasteiger partial charge < -0.3 is 11.1 Å². The Balaban J connectivity index is 4.17. The van der Waals surface area contributed by atoms with Crippen LogP contribution in [0, 0.1) is 0 Å². The minimum Gasteiger partial charge on any atom is -0.355 e. The molecule has 4 heteroatoms. The van der Waals surface area contributed by atoms with E-state index in [0.717, 1.165) is 19.4 Å². The number of thioether (sulfide) groups is 1. The summed E-state index contributed by atoms with van der Waals surface area (Å²) in [5.74, 6) is 0.0489. The maximum Gasteiger partial charge on any atom is 0.221 e. The molecule has 0 unspecified atom stereocenters. The third-order valence-corrected chi connectivity index (χ3v) is 4.53. The van der Waals surface area contributed by atoms with Gasteiger partial charge in [-0.1, -0.05) is 13.8 Å². The van der Waals surface area contributed by atoms with Gasteiger partial charge in [0, 0.05) is 23.3 Å². The van der Waals surface area contributed by atoms with Crippen LogP contribution < -0.4 is 11.1 Å². The van der Waals surface area contributed by atoms with Crippen molar-refractivity contribution in [2.75, 3.05) is 12.8 Å². The van der Waals surface area contributed by atoms with E-state index in [9.17, 15) is 4.79 Å². The number of carbonyl (C=O) groups is 1. The fourth-order valence-electron chi connectivity index (χ4n) is 1.60. The molecule has 3 N–H and O–H groups in total. The number of rotatable bonds is 7. The zero-order chi connectivity index (χ0) is 12.8. The monoisotopic (exact) mass is 246 g/mol. The zero-order valence-electron chi connectivity index (χ0n) is 11.2. The van der Waals surface area contributed by atoms with E-state index < -0.39 is 5.54 Å². The second-order valence-corrected chi connectivity index (χ2v) is 6.31. The Morgan fingerprint density at radius 2 is 1.81 bits per heavy atom. The van der Waals surface area contributed by atoms with Gasteiger partial charge in [-0.3, -0.25) is 4.79 Å². The highest BCUT2D eigenvalue weighted by molar-refractivity contribution is 8.00. The van der Waals surface area contributed by atoms with Gasteiger partial charge in [0.25, 0.3) is 0 Å². The molecule has 96 valence electrons. The van der Waals surface area contributed by atoms with Crippen LogP contribution >= 0.6 is 11.8 Å². The highest BCUT2D eigenvalue weighted by atomic mass is 32.2. The van der Waals surface area contributed by atoms with Gasteiger partial charge in [-0.25, -0.2) is 0 Å². The lowest BCUT2D eigenvalue weighted by atomic mass is 10.00. The number of amides is 1. The summed E-state index contributed by atoms with van der Waals surface area (Å²) in [7, 11) is 0. The molecule has 0 saturated carbocycles. The van der Waals surface area contributed by atoms with Crippen LogP contribution in [0.25, 0.3) is 0 Å². The standard InChI is InChI=1S/C12H26N2OS/c1-6-12(7-2,16-5)9-14-10(15)8-11(3,4)13/h6-9,13H2,1-5H3,(H,14,15).